The van der Waals surface area contributed by atoms with E-state index in [0.29, 0.717) is 0 Å². The molecule has 0 fully saturated rings. The molecule has 1 rings (SSSR count). The highest BCUT2D eigenvalue weighted by Crippen LogP contribution is 2.33. The van der Waals surface area contributed by atoms with E-state index in [-0.39, 0.29) is 23.0 Å². The molecule has 1 amide bonds. The smallest absolute Gasteiger partial charge is 0.312 e. The molecule has 0 bridgehead atoms. The molecule has 0 atom stereocenters. The Labute approximate surface area is 106 Å². The predicted molar refractivity (Wildman–Crippen MR) is 62.3 cm³/mol. The maximum absolute atomic E-state index is 10.9. The van der Waals surface area contributed by atoms with E-state index in [1.54, 1.807) is 0 Å². The Balaban J connectivity index is 2.99. The first kappa shape index (κ1) is 13.5. The second-order valence-electron chi connectivity index (χ2n) is 3.10. The van der Waals surface area contributed by atoms with Crippen LogP contribution in [0.2, 0.25) is 5.02 Å². The summed E-state index contributed by atoms with van der Waals surface area (Å²) in [4.78, 5) is 20.8. The molecule has 0 aromatic heterocycles. The molecule has 0 saturated heterocycles. The standard InChI is InChI=1S/C9H8Cl2N2O4/c10-3-8(14)12-4-5-1-6(11)2-7(9(5)15)13(16)17/h1-2,15H,3-4H2,(H,12,14). The van der Waals surface area contributed by atoms with Gasteiger partial charge in [-0.25, -0.2) is 0 Å². The minimum atomic E-state index is -0.756. The average Bonchev–Trinajstić information content (AvgIpc) is 2.28. The quantitative estimate of drug-likeness (QED) is 0.499. The zero-order valence-electron chi connectivity index (χ0n) is 8.44. The first-order valence-electron chi connectivity index (χ1n) is 4.44. The van der Waals surface area contributed by atoms with Crippen molar-refractivity contribution in [3.8, 4) is 5.75 Å². The number of carbonyl (C=O) groups is 1. The fourth-order valence-corrected chi connectivity index (χ4v) is 1.48. The number of nitrogens with zero attached hydrogens (tertiary/aromatic N) is 1. The number of phenolic OH excluding ortho intramolecular Hbond substituents is 1. The molecule has 92 valence electrons. The number of nitrogens with one attached hydrogen (secondary N) is 1. The summed E-state index contributed by atoms with van der Waals surface area (Å²) >= 11 is 10.9. The van der Waals surface area contributed by atoms with Crippen molar-refractivity contribution in [2.75, 3.05) is 5.88 Å². The van der Waals surface area contributed by atoms with E-state index in [1.807, 2.05) is 0 Å². The number of rotatable bonds is 4. The largest absolute Gasteiger partial charge is 0.502 e. The van der Waals surface area contributed by atoms with Crippen LogP contribution in [0.25, 0.3) is 0 Å². The minimum Gasteiger partial charge on any atom is -0.502 e. The van der Waals surface area contributed by atoms with E-state index >= 15 is 0 Å². The third-order valence-electron chi connectivity index (χ3n) is 1.93. The molecular weight excluding hydrogens is 271 g/mol. The molecule has 0 unspecified atom stereocenters. The van der Waals surface area contributed by atoms with Crippen LogP contribution in [0.3, 0.4) is 0 Å². The van der Waals surface area contributed by atoms with Crippen LogP contribution in [-0.4, -0.2) is 21.8 Å². The Morgan fingerprint density at radius 2 is 2.18 bits per heavy atom. The summed E-state index contributed by atoms with van der Waals surface area (Å²) in [6.45, 7) is -0.0845. The first-order valence-corrected chi connectivity index (χ1v) is 5.35. The van der Waals surface area contributed by atoms with Gasteiger partial charge in [0.15, 0.2) is 5.75 Å². The molecule has 0 spiro atoms. The van der Waals surface area contributed by atoms with Gasteiger partial charge >= 0.3 is 5.69 Å². The Bertz CT molecular complexity index is 465. The Morgan fingerprint density at radius 1 is 1.53 bits per heavy atom. The van der Waals surface area contributed by atoms with Crippen molar-refractivity contribution in [2.24, 2.45) is 0 Å². The van der Waals surface area contributed by atoms with Gasteiger partial charge in [-0.2, -0.15) is 0 Å². The number of aromatic hydroxyl groups is 1. The summed E-state index contributed by atoms with van der Waals surface area (Å²) in [7, 11) is 0. The summed E-state index contributed by atoms with van der Waals surface area (Å²) < 4.78 is 0. The second-order valence-corrected chi connectivity index (χ2v) is 3.80. The van der Waals surface area contributed by atoms with E-state index in [9.17, 15) is 20.0 Å². The van der Waals surface area contributed by atoms with Crippen LogP contribution < -0.4 is 5.32 Å². The van der Waals surface area contributed by atoms with Crippen molar-refractivity contribution < 1.29 is 14.8 Å². The third kappa shape index (κ3) is 3.47. The van der Waals surface area contributed by atoms with Gasteiger partial charge in [-0.15, -0.1) is 11.6 Å². The maximum Gasteiger partial charge on any atom is 0.312 e. The van der Waals surface area contributed by atoms with Gasteiger partial charge < -0.3 is 10.4 Å². The molecule has 0 heterocycles. The van der Waals surface area contributed by atoms with Crippen molar-refractivity contribution in [2.45, 2.75) is 6.54 Å². The zero-order chi connectivity index (χ0) is 13.0. The molecule has 17 heavy (non-hydrogen) atoms. The van der Waals surface area contributed by atoms with Crippen LogP contribution in [0.1, 0.15) is 5.56 Å². The molecule has 8 heteroatoms. The lowest BCUT2D eigenvalue weighted by Crippen LogP contribution is -2.23. The lowest BCUT2D eigenvalue weighted by atomic mass is 10.1. The highest BCUT2D eigenvalue weighted by Gasteiger charge is 2.18. The van der Waals surface area contributed by atoms with Gasteiger partial charge in [0.05, 0.1) is 4.92 Å². The van der Waals surface area contributed by atoms with Crippen molar-refractivity contribution >= 4 is 34.8 Å². The number of carbonyl (C=O) groups excluding carboxylic acids is 1. The first-order chi connectivity index (χ1) is 7.95. The van der Waals surface area contributed by atoms with Crippen LogP contribution >= 0.6 is 23.2 Å². The molecule has 0 aliphatic rings. The number of phenols is 1. The molecule has 0 saturated carbocycles. The zero-order valence-corrected chi connectivity index (χ0v) is 9.96. The van der Waals surface area contributed by atoms with Crippen LogP contribution in [0.5, 0.6) is 5.75 Å². The number of benzene rings is 1. The molecular formula is C9H8Cl2N2O4. The fourth-order valence-electron chi connectivity index (χ4n) is 1.15. The van der Waals surface area contributed by atoms with Crippen molar-refractivity contribution in [1.29, 1.82) is 0 Å². The third-order valence-corrected chi connectivity index (χ3v) is 2.39. The monoisotopic (exact) mass is 278 g/mol. The fraction of sp³-hybridized carbons (Fsp3) is 0.222. The maximum atomic E-state index is 10.9. The van der Waals surface area contributed by atoms with Gasteiger partial charge in [0.1, 0.15) is 5.88 Å². The topological polar surface area (TPSA) is 92.5 Å². The van der Waals surface area contributed by atoms with Gasteiger partial charge in [-0.05, 0) is 6.07 Å². The number of hydrogen-bond donors (Lipinski definition) is 2. The lowest BCUT2D eigenvalue weighted by molar-refractivity contribution is -0.385. The van der Waals surface area contributed by atoms with Gasteiger partial charge in [0.25, 0.3) is 0 Å². The summed E-state index contributed by atoms with van der Waals surface area (Å²) in [5.74, 6) is -1.20. The molecule has 6 nitrogen and oxygen atoms in total. The highest BCUT2D eigenvalue weighted by molar-refractivity contribution is 6.31. The van der Waals surface area contributed by atoms with Crippen LogP contribution in [-0.2, 0) is 11.3 Å². The van der Waals surface area contributed by atoms with E-state index in [1.165, 1.54) is 6.07 Å². The van der Waals surface area contributed by atoms with Crippen LogP contribution in [0, 0.1) is 10.1 Å². The van der Waals surface area contributed by atoms with Gasteiger partial charge in [-0.3, -0.25) is 14.9 Å². The Hall–Kier alpha value is -1.53. The number of nitro benzene ring substituents is 1. The van der Waals surface area contributed by atoms with Crippen LogP contribution in [0.15, 0.2) is 12.1 Å². The van der Waals surface area contributed by atoms with Gasteiger partial charge in [0, 0.05) is 23.2 Å². The minimum absolute atomic E-state index is 0.0845. The van der Waals surface area contributed by atoms with E-state index in [4.69, 9.17) is 23.2 Å². The van der Waals surface area contributed by atoms with E-state index in [2.05, 4.69) is 5.32 Å². The number of alkyl halides is 1. The number of hydrogen-bond acceptors (Lipinski definition) is 4. The molecule has 2 N–H and O–H groups in total. The summed E-state index contributed by atoms with van der Waals surface area (Å²) in [5, 5.41) is 22.7. The number of nitro groups is 1. The van der Waals surface area contributed by atoms with Gasteiger partial charge in [0.2, 0.25) is 5.91 Å². The normalized spacial score (nSPS) is 10.0. The molecule has 1 aromatic rings. The van der Waals surface area contributed by atoms with E-state index in [0.717, 1.165) is 6.07 Å². The Morgan fingerprint density at radius 3 is 2.71 bits per heavy atom. The highest BCUT2D eigenvalue weighted by atomic mass is 35.5. The van der Waals surface area contributed by atoms with Crippen molar-refractivity contribution in [3.05, 3.63) is 32.8 Å². The van der Waals surface area contributed by atoms with E-state index < -0.39 is 22.3 Å². The Kier molecular flexibility index (Phi) is 4.53. The molecule has 0 radical (unpaired) electrons. The van der Waals surface area contributed by atoms with Crippen molar-refractivity contribution in [3.63, 3.8) is 0 Å². The molecule has 0 aliphatic heterocycles. The van der Waals surface area contributed by atoms with Crippen LogP contribution in [0.4, 0.5) is 5.69 Å². The number of amides is 1. The SMILES string of the molecule is O=C(CCl)NCc1cc(Cl)cc([N+](=O)[O-])c1O. The van der Waals surface area contributed by atoms with Gasteiger partial charge in [-0.1, -0.05) is 11.6 Å². The lowest BCUT2D eigenvalue weighted by Gasteiger charge is -2.06. The molecule has 0 aliphatic carbocycles. The predicted octanol–water partition coefficient (Wildman–Crippen LogP) is 1.81. The number of halogens is 2. The van der Waals surface area contributed by atoms with Crippen molar-refractivity contribution in [1.82, 2.24) is 5.32 Å². The molecule has 1 aromatic carbocycles. The second kappa shape index (κ2) is 5.70. The average molecular weight is 279 g/mol. The summed E-state index contributed by atoms with van der Waals surface area (Å²) in [6.07, 6.45) is 0. The summed E-state index contributed by atoms with van der Waals surface area (Å²) in [5.41, 5.74) is -0.352. The summed E-state index contributed by atoms with van der Waals surface area (Å²) in [6, 6.07) is 2.36.